The normalized spacial score (nSPS) is 34.1. The zero-order chi connectivity index (χ0) is 15.9. The van der Waals surface area contributed by atoms with Crippen LogP contribution in [0.4, 0.5) is 0 Å². The maximum atomic E-state index is 12.3. The SMILES string of the molecule is N#Cc1ccc(COC(=O)CC23CC4CC(CC(C4)C2)C3)cc1. The number of hydrogen-bond donors (Lipinski definition) is 0. The van der Waals surface area contributed by atoms with Gasteiger partial charge < -0.3 is 4.74 Å². The lowest BCUT2D eigenvalue weighted by molar-refractivity contribution is -0.153. The molecule has 0 atom stereocenters. The van der Waals surface area contributed by atoms with Crippen LogP contribution in [0.2, 0.25) is 0 Å². The highest BCUT2D eigenvalue weighted by atomic mass is 16.5. The third-order valence-corrected chi connectivity index (χ3v) is 6.17. The second kappa shape index (κ2) is 5.67. The Bertz CT molecular complexity index is 605. The minimum Gasteiger partial charge on any atom is -0.461 e. The lowest BCUT2D eigenvalue weighted by atomic mass is 9.49. The van der Waals surface area contributed by atoms with Crippen LogP contribution in [0.3, 0.4) is 0 Å². The first-order chi connectivity index (χ1) is 11.1. The highest BCUT2D eigenvalue weighted by Crippen LogP contribution is 2.61. The summed E-state index contributed by atoms with van der Waals surface area (Å²) in [7, 11) is 0. The van der Waals surface area contributed by atoms with Crippen LogP contribution in [0.1, 0.15) is 56.1 Å². The summed E-state index contributed by atoms with van der Waals surface area (Å²) in [5.74, 6) is 2.56. The third kappa shape index (κ3) is 3.00. The van der Waals surface area contributed by atoms with Crippen molar-refractivity contribution in [2.24, 2.45) is 23.2 Å². The van der Waals surface area contributed by atoms with E-state index in [2.05, 4.69) is 6.07 Å². The van der Waals surface area contributed by atoms with Gasteiger partial charge in [-0.05, 0) is 79.4 Å². The number of rotatable bonds is 4. The van der Waals surface area contributed by atoms with Crippen molar-refractivity contribution in [1.29, 1.82) is 5.26 Å². The molecule has 4 bridgehead atoms. The Hall–Kier alpha value is -1.82. The summed E-state index contributed by atoms with van der Waals surface area (Å²) in [6, 6.07) is 9.34. The molecule has 0 radical (unpaired) electrons. The maximum Gasteiger partial charge on any atom is 0.306 e. The summed E-state index contributed by atoms with van der Waals surface area (Å²) in [5, 5.41) is 8.80. The molecule has 0 spiro atoms. The number of carbonyl (C=O) groups excluding carboxylic acids is 1. The van der Waals surface area contributed by atoms with E-state index in [1.165, 1.54) is 38.5 Å². The molecule has 0 aliphatic heterocycles. The van der Waals surface area contributed by atoms with E-state index >= 15 is 0 Å². The standard InChI is InChI=1S/C20H23NO2/c21-12-14-1-3-15(4-2-14)13-23-19(22)11-20-8-16-5-17(9-20)7-18(6-16)10-20/h1-4,16-18H,5-11,13H2. The fourth-order valence-electron chi connectivity index (χ4n) is 5.70. The molecule has 4 aliphatic rings. The number of esters is 1. The Morgan fingerprint density at radius 3 is 2.17 bits per heavy atom. The molecule has 4 fully saturated rings. The molecule has 1 aromatic rings. The van der Waals surface area contributed by atoms with Gasteiger partial charge in [-0.3, -0.25) is 4.79 Å². The largest absolute Gasteiger partial charge is 0.461 e. The fraction of sp³-hybridized carbons (Fsp3) is 0.600. The van der Waals surface area contributed by atoms with E-state index < -0.39 is 0 Å². The minimum absolute atomic E-state index is 0.0451. The predicted octanol–water partition coefficient (Wildman–Crippen LogP) is 4.21. The molecule has 1 aromatic carbocycles. The molecule has 0 unspecified atom stereocenters. The van der Waals surface area contributed by atoms with Crippen molar-refractivity contribution in [3.05, 3.63) is 35.4 Å². The van der Waals surface area contributed by atoms with Gasteiger partial charge in [-0.1, -0.05) is 12.1 Å². The molecule has 120 valence electrons. The summed E-state index contributed by atoms with van der Waals surface area (Å²) < 4.78 is 5.52. The molecule has 0 aromatic heterocycles. The van der Waals surface area contributed by atoms with E-state index in [0.29, 0.717) is 18.6 Å². The van der Waals surface area contributed by atoms with Gasteiger partial charge in [0.15, 0.2) is 0 Å². The van der Waals surface area contributed by atoms with Crippen LogP contribution >= 0.6 is 0 Å². The van der Waals surface area contributed by atoms with Gasteiger partial charge in [0.25, 0.3) is 0 Å². The average molecular weight is 309 g/mol. The van der Waals surface area contributed by atoms with E-state index in [0.717, 1.165) is 23.3 Å². The monoisotopic (exact) mass is 309 g/mol. The van der Waals surface area contributed by atoms with Crippen LogP contribution in [0.25, 0.3) is 0 Å². The summed E-state index contributed by atoms with van der Waals surface area (Å²) in [4.78, 5) is 12.3. The number of ether oxygens (including phenoxy) is 1. The molecule has 4 saturated carbocycles. The molecule has 4 aliphatic carbocycles. The maximum absolute atomic E-state index is 12.3. The van der Waals surface area contributed by atoms with E-state index in [1.54, 1.807) is 12.1 Å². The summed E-state index contributed by atoms with van der Waals surface area (Å²) >= 11 is 0. The zero-order valence-corrected chi connectivity index (χ0v) is 13.5. The van der Waals surface area contributed by atoms with Crippen LogP contribution in [0, 0.1) is 34.5 Å². The van der Waals surface area contributed by atoms with Gasteiger partial charge >= 0.3 is 5.97 Å². The quantitative estimate of drug-likeness (QED) is 0.783. The molecule has 0 heterocycles. The first kappa shape index (κ1) is 14.8. The number of benzene rings is 1. The second-order valence-electron chi connectivity index (χ2n) is 8.06. The Balaban J connectivity index is 1.34. The molecule has 0 amide bonds. The molecule has 3 nitrogen and oxygen atoms in total. The number of carbonyl (C=O) groups is 1. The molecular formula is C20H23NO2. The first-order valence-corrected chi connectivity index (χ1v) is 8.79. The average Bonchev–Trinajstić information content (AvgIpc) is 2.51. The lowest BCUT2D eigenvalue weighted by Crippen LogP contribution is -2.47. The number of nitrogens with zero attached hydrogens (tertiary/aromatic N) is 1. The van der Waals surface area contributed by atoms with E-state index in [9.17, 15) is 4.79 Å². The van der Waals surface area contributed by atoms with E-state index in [4.69, 9.17) is 10.00 Å². The summed E-state index contributed by atoms with van der Waals surface area (Å²) in [6.45, 7) is 0.316. The van der Waals surface area contributed by atoms with Crippen molar-refractivity contribution in [2.75, 3.05) is 0 Å². The van der Waals surface area contributed by atoms with Gasteiger partial charge in [-0.25, -0.2) is 0 Å². The van der Waals surface area contributed by atoms with Crippen LogP contribution in [0.15, 0.2) is 24.3 Å². The van der Waals surface area contributed by atoms with Crippen LogP contribution in [0.5, 0.6) is 0 Å². The molecule has 0 N–H and O–H groups in total. The Morgan fingerprint density at radius 1 is 1.09 bits per heavy atom. The highest BCUT2D eigenvalue weighted by molar-refractivity contribution is 5.70. The van der Waals surface area contributed by atoms with Crippen molar-refractivity contribution < 1.29 is 9.53 Å². The number of nitriles is 1. The van der Waals surface area contributed by atoms with Crippen molar-refractivity contribution in [1.82, 2.24) is 0 Å². The Morgan fingerprint density at radius 2 is 1.65 bits per heavy atom. The predicted molar refractivity (Wildman–Crippen MR) is 86.2 cm³/mol. The van der Waals surface area contributed by atoms with Crippen molar-refractivity contribution in [2.45, 2.75) is 51.6 Å². The fourth-order valence-corrected chi connectivity index (χ4v) is 5.70. The second-order valence-corrected chi connectivity index (χ2v) is 8.06. The van der Waals surface area contributed by atoms with Crippen molar-refractivity contribution in [3.8, 4) is 6.07 Å². The van der Waals surface area contributed by atoms with Crippen LogP contribution < -0.4 is 0 Å². The van der Waals surface area contributed by atoms with Crippen molar-refractivity contribution >= 4 is 5.97 Å². The van der Waals surface area contributed by atoms with Gasteiger partial charge in [0, 0.05) is 0 Å². The summed E-state index contributed by atoms with van der Waals surface area (Å²) in [5.41, 5.74) is 1.83. The molecule has 23 heavy (non-hydrogen) atoms. The van der Waals surface area contributed by atoms with E-state index in [-0.39, 0.29) is 11.4 Å². The first-order valence-electron chi connectivity index (χ1n) is 8.79. The van der Waals surface area contributed by atoms with Gasteiger partial charge in [0.1, 0.15) is 6.61 Å². The Labute approximate surface area is 137 Å². The summed E-state index contributed by atoms with van der Waals surface area (Å²) in [6.07, 6.45) is 8.53. The van der Waals surface area contributed by atoms with Gasteiger partial charge in [-0.15, -0.1) is 0 Å². The van der Waals surface area contributed by atoms with Gasteiger partial charge in [0.2, 0.25) is 0 Å². The third-order valence-electron chi connectivity index (χ3n) is 6.17. The number of hydrogen-bond acceptors (Lipinski definition) is 3. The van der Waals surface area contributed by atoms with E-state index in [1.807, 2.05) is 12.1 Å². The van der Waals surface area contributed by atoms with Crippen LogP contribution in [-0.2, 0) is 16.1 Å². The lowest BCUT2D eigenvalue weighted by Gasteiger charge is -2.56. The van der Waals surface area contributed by atoms with Gasteiger partial charge in [0.05, 0.1) is 18.1 Å². The topological polar surface area (TPSA) is 50.1 Å². The molecule has 0 saturated heterocycles. The zero-order valence-electron chi connectivity index (χ0n) is 13.5. The molecular weight excluding hydrogens is 286 g/mol. The van der Waals surface area contributed by atoms with Crippen LogP contribution in [-0.4, -0.2) is 5.97 Å². The molecule has 5 rings (SSSR count). The smallest absolute Gasteiger partial charge is 0.306 e. The van der Waals surface area contributed by atoms with Crippen molar-refractivity contribution in [3.63, 3.8) is 0 Å². The highest BCUT2D eigenvalue weighted by Gasteiger charge is 2.51. The Kier molecular flexibility index (Phi) is 3.64. The van der Waals surface area contributed by atoms with Gasteiger partial charge in [-0.2, -0.15) is 5.26 Å². The molecule has 3 heteroatoms. The minimum atomic E-state index is -0.0451.